The van der Waals surface area contributed by atoms with Gasteiger partial charge in [0.25, 0.3) is 0 Å². The van der Waals surface area contributed by atoms with Crippen LogP contribution in [-0.4, -0.2) is 12.1 Å². The minimum atomic E-state index is -0.210. The van der Waals surface area contributed by atoms with Crippen molar-refractivity contribution in [2.24, 2.45) is 0 Å². The monoisotopic (exact) mass is 266 g/mol. The molecule has 0 bridgehead atoms. The third-order valence-electron chi connectivity index (χ3n) is 3.95. The average Bonchev–Trinajstić information content (AvgIpc) is 2.97. The molecule has 0 amide bonds. The second-order valence-corrected chi connectivity index (χ2v) is 5.26. The lowest BCUT2D eigenvalue weighted by Crippen LogP contribution is -2.21. The highest BCUT2D eigenvalue weighted by atomic mass is 16.5. The van der Waals surface area contributed by atoms with Crippen molar-refractivity contribution in [2.75, 3.05) is 0 Å². The molecule has 0 spiro atoms. The average molecular weight is 266 g/mol. The molecule has 2 atom stereocenters. The highest BCUT2D eigenvalue weighted by Crippen LogP contribution is 2.36. The Balaban J connectivity index is 1.72. The number of hydrogen-bond acceptors (Lipinski definition) is 2. The van der Waals surface area contributed by atoms with E-state index in [0.29, 0.717) is 11.5 Å². The van der Waals surface area contributed by atoms with E-state index in [1.807, 2.05) is 36.4 Å². The summed E-state index contributed by atoms with van der Waals surface area (Å²) < 4.78 is 5.73. The summed E-state index contributed by atoms with van der Waals surface area (Å²) in [5.41, 5.74) is 1.90. The van der Waals surface area contributed by atoms with Gasteiger partial charge in [-0.05, 0) is 37.0 Å². The molecule has 0 heterocycles. The second-order valence-electron chi connectivity index (χ2n) is 5.26. The Labute approximate surface area is 119 Å². The summed E-state index contributed by atoms with van der Waals surface area (Å²) in [5, 5.41) is 0. The van der Waals surface area contributed by atoms with Gasteiger partial charge in [0.05, 0.1) is 5.56 Å². The van der Waals surface area contributed by atoms with Gasteiger partial charge in [0.2, 0.25) is 0 Å². The highest BCUT2D eigenvalue weighted by molar-refractivity contribution is 5.89. The van der Waals surface area contributed by atoms with Gasteiger partial charge in [-0.15, -0.1) is 0 Å². The van der Waals surface area contributed by atoms with Crippen LogP contribution in [0.1, 0.15) is 41.1 Å². The fourth-order valence-electron chi connectivity index (χ4n) is 2.93. The summed E-state index contributed by atoms with van der Waals surface area (Å²) in [5.74, 6) is 0.127. The van der Waals surface area contributed by atoms with Crippen LogP contribution in [0.4, 0.5) is 0 Å². The molecule has 1 aliphatic rings. The maximum Gasteiger partial charge on any atom is 0.338 e. The van der Waals surface area contributed by atoms with Crippen LogP contribution in [-0.2, 0) is 4.74 Å². The number of carbonyl (C=O) groups excluding carboxylic acids is 1. The molecule has 20 heavy (non-hydrogen) atoms. The summed E-state index contributed by atoms with van der Waals surface area (Å²) in [7, 11) is 0. The SMILES string of the molecule is O=C(O[C@H]1CCC[C@@H]1c1ccccc1)c1ccccc1. The summed E-state index contributed by atoms with van der Waals surface area (Å²) >= 11 is 0. The van der Waals surface area contributed by atoms with Crippen LogP contribution in [0.3, 0.4) is 0 Å². The first-order valence-corrected chi connectivity index (χ1v) is 7.15. The van der Waals surface area contributed by atoms with E-state index in [9.17, 15) is 4.79 Å². The van der Waals surface area contributed by atoms with Crippen molar-refractivity contribution < 1.29 is 9.53 Å². The number of ether oxygens (including phenoxy) is 1. The Hall–Kier alpha value is -2.09. The Bertz CT molecular complexity index is 562. The molecule has 1 saturated carbocycles. The van der Waals surface area contributed by atoms with Crippen LogP contribution >= 0.6 is 0 Å². The first-order chi connectivity index (χ1) is 9.84. The summed E-state index contributed by atoms with van der Waals surface area (Å²) in [6, 6.07) is 19.6. The zero-order chi connectivity index (χ0) is 13.8. The molecule has 0 aliphatic heterocycles. The van der Waals surface area contributed by atoms with Crippen molar-refractivity contribution in [2.45, 2.75) is 31.3 Å². The van der Waals surface area contributed by atoms with E-state index < -0.39 is 0 Å². The number of rotatable bonds is 3. The van der Waals surface area contributed by atoms with Crippen molar-refractivity contribution in [3.63, 3.8) is 0 Å². The molecule has 0 aromatic heterocycles. The van der Waals surface area contributed by atoms with E-state index in [1.165, 1.54) is 5.56 Å². The molecule has 0 saturated heterocycles. The van der Waals surface area contributed by atoms with E-state index >= 15 is 0 Å². The van der Waals surface area contributed by atoms with Crippen LogP contribution in [0.15, 0.2) is 60.7 Å². The van der Waals surface area contributed by atoms with E-state index in [4.69, 9.17) is 4.74 Å². The van der Waals surface area contributed by atoms with Gasteiger partial charge in [-0.2, -0.15) is 0 Å². The lowest BCUT2D eigenvalue weighted by molar-refractivity contribution is 0.0279. The lowest BCUT2D eigenvalue weighted by Gasteiger charge is -2.20. The van der Waals surface area contributed by atoms with E-state index in [-0.39, 0.29) is 12.1 Å². The van der Waals surface area contributed by atoms with Gasteiger partial charge in [0, 0.05) is 5.92 Å². The molecular formula is C18H18O2. The molecule has 2 heteroatoms. The molecule has 1 fully saturated rings. The topological polar surface area (TPSA) is 26.3 Å². The molecule has 1 aliphatic carbocycles. The first-order valence-electron chi connectivity index (χ1n) is 7.15. The first kappa shape index (κ1) is 12.9. The van der Waals surface area contributed by atoms with Gasteiger partial charge in [0.15, 0.2) is 0 Å². The van der Waals surface area contributed by atoms with Crippen LogP contribution < -0.4 is 0 Å². The maximum absolute atomic E-state index is 12.2. The Kier molecular flexibility index (Phi) is 3.82. The number of carbonyl (C=O) groups is 1. The molecule has 2 aromatic carbocycles. The lowest BCUT2D eigenvalue weighted by atomic mass is 9.96. The van der Waals surface area contributed by atoms with Crippen molar-refractivity contribution in [1.29, 1.82) is 0 Å². The van der Waals surface area contributed by atoms with Gasteiger partial charge in [-0.25, -0.2) is 4.79 Å². The normalized spacial score (nSPS) is 21.6. The maximum atomic E-state index is 12.2. The van der Waals surface area contributed by atoms with Crippen molar-refractivity contribution in [1.82, 2.24) is 0 Å². The van der Waals surface area contributed by atoms with E-state index in [0.717, 1.165) is 19.3 Å². The van der Waals surface area contributed by atoms with E-state index in [2.05, 4.69) is 12.1 Å². The van der Waals surface area contributed by atoms with Gasteiger partial charge < -0.3 is 4.74 Å². The highest BCUT2D eigenvalue weighted by Gasteiger charge is 2.31. The molecular weight excluding hydrogens is 248 g/mol. The van der Waals surface area contributed by atoms with Gasteiger partial charge >= 0.3 is 5.97 Å². The quantitative estimate of drug-likeness (QED) is 0.779. The van der Waals surface area contributed by atoms with Gasteiger partial charge in [-0.3, -0.25) is 0 Å². The molecule has 3 rings (SSSR count). The minimum Gasteiger partial charge on any atom is -0.458 e. The van der Waals surface area contributed by atoms with Crippen LogP contribution in [0.5, 0.6) is 0 Å². The fraction of sp³-hybridized carbons (Fsp3) is 0.278. The number of esters is 1. The standard InChI is InChI=1S/C18H18O2/c19-18(15-10-5-2-6-11-15)20-17-13-7-12-16(17)14-8-3-1-4-9-14/h1-6,8-11,16-17H,7,12-13H2/t16-,17+/m1/s1. The zero-order valence-electron chi connectivity index (χ0n) is 11.4. The smallest absolute Gasteiger partial charge is 0.338 e. The Morgan fingerprint density at radius 2 is 1.55 bits per heavy atom. The third kappa shape index (κ3) is 2.74. The van der Waals surface area contributed by atoms with Crippen molar-refractivity contribution >= 4 is 5.97 Å². The van der Waals surface area contributed by atoms with Gasteiger partial charge in [-0.1, -0.05) is 48.5 Å². The Morgan fingerprint density at radius 3 is 2.25 bits per heavy atom. The van der Waals surface area contributed by atoms with Crippen molar-refractivity contribution in [3.05, 3.63) is 71.8 Å². The molecule has 0 radical (unpaired) electrons. The zero-order valence-corrected chi connectivity index (χ0v) is 11.4. The number of benzene rings is 2. The number of hydrogen-bond donors (Lipinski definition) is 0. The summed E-state index contributed by atoms with van der Waals surface area (Å²) in [6.07, 6.45) is 3.17. The molecule has 2 nitrogen and oxygen atoms in total. The summed E-state index contributed by atoms with van der Waals surface area (Å²) in [4.78, 5) is 12.2. The van der Waals surface area contributed by atoms with Gasteiger partial charge in [0.1, 0.15) is 6.10 Å². The van der Waals surface area contributed by atoms with Crippen LogP contribution in [0.25, 0.3) is 0 Å². The Morgan fingerprint density at radius 1 is 0.900 bits per heavy atom. The summed E-state index contributed by atoms with van der Waals surface area (Å²) in [6.45, 7) is 0. The largest absolute Gasteiger partial charge is 0.458 e. The molecule has 102 valence electrons. The van der Waals surface area contributed by atoms with Crippen LogP contribution in [0, 0.1) is 0 Å². The molecule has 2 aromatic rings. The van der Waals surface area contributed by atoms with Crippen molar-refractivity contribution in [3.8, 4) is 0 Å². The molecule has 0 N–H and O–H groups in total. The predicted molar refractivity (Wildman–Crippen MR) is 78.7 cm³/mol. The third-order valence-corrected chi connectivity index (χ3v) is 3.95. The van der Waals surface area contributed by atoms with E-state index in [1.54, 1.807) is 12.1 Å². The molecule has 0 unspecified atom stereocenters. The fourth-order valence-corrected chi connectivity index (χ4v) is 2.93. The predicted octanol–water partition coefficient (Wildman–Crippen LogP) is 4.18. The van der Waals surface area contributed by atoms with Crippen LogP contribution in [0.2, 0.25) is 0 Å². The minimum absolute atomic E-state index is 0.00473. The second kappa shape index (κ2) is 5.91.